The molecule has 1 aromatic heterocycles. The van der Waals surface area contributed by atoms with Crippen LogP contribution < -0.4 is 10.6 Å². The van der Waals surface area contributed by atoms with Crippen LogP contribution in [0.4, 0.5) is 0 Å². The molecule has 26 heavy (non-hydrogen) atoms. The molecule has 132 valence electrons. The molecule has 3 aromatic rings. The summed E-state index contributed by atoms with van der Waals surface area (Å²) in [4.78, 5) is 12.3. The van der Waals surface area contributed by atoms with Crippen molar-refractivity contribution in [3.63, 3.8) is 0 Å². The van der Waals surface area contributed by atoms with E-state index in [9.17, 15) is 4.79 Å². The Hall–Kier alpha value is -2.51. The Morgan fingerprint density at radius 3 is 2.46 bits per heavy atom. The van der Waals surface area contributed by atoms with Crippen molar-refractivity contribution in [3.05, 3.63) is 88.2 Å². The minimum absolute atomic E-state index is 0.232. The highest BCUT2D eigenvalue weighted by Gasteiger charge is 2.08. The van der Waals surface area contributed by atoms with Crippen molar-refractivity contribution in [1.29, 1.82) is 0 Å². The van der Waals surface area contributed by atoms with Crippen molar-refractivity contribution >= 4 is 39.2 Å². The van der Waals surface area contributed by atoms with Gasteiger partial charge in [-0.05, 0) is 51.4 Å². The zero-order valence-corrected chi connectivity index (χ0v) is 16.3. The Bertz CT molecular complexity index is 893. The number of hydrogen-bond acceptors (Lipinski definition) is 3. The van der Waals surface area contributed by atoms with Crippen molar-refractivity contribution in [2.24, 2.45) is 0 Å². The standard InChI is InChI=1S/C19H17BrN4OS/c20-17-11-22-24(13-17)12-15-6-8-16(9-7-15)18(25)23-19(26)21-10-14-4-2-1-3-5-14/h1-9,11,13H,10,12H2,(H2,21,23,25,26). The summed E-state index contributed by atoms with van der Waals surface area (Å²) in [6.45, 7) is 1.21. The van der Waals surface area contributed by atoms with E-state index >= 15 is 0 Å². The third kappa shape index (κ3) is 5.24. The maximum Gasteiger partial charge on any atom is 0.257 e. The second kappa shape index (κ2) is 8.73. The monoisotopic (exact) mass is 428 g/mol. The van der Waals surface area contributed by atoms with Crippen LogP contribution in [0.1, 0.15) is 21.5 Å². The molecule has 0 spiro atoms. The number of rotatable bonds is 5. The highest BCUT2D eigenvalue weighted by molar-refractivity contribution is 9.10. The Balaban J connectivity index is 1.51. The van der Waals surface area contributed by atoms with E-state index in [0.717, 1.165) is 15.6 Å². The molecule has 1 amide bonds. The third-order valence-electron chi connectivity index (χ3n) is 3.69. The fourth-order valence-electron chi connectivity index (χ4n) is 2.37. The number of nitrogens with one attached hydrogen (secondary N) is 2. The van der Waals surface area contributed by atoms with Crippen molar-refractivity contribution in [1.82, 2.24) is 20.4 Å². The number of amides is 1. The first kappa shape index (κ1) is 18.3. The van der Waals surface area contributed by atoms with E-state index in [1.807, 2.05) is 53.3 Å². The second-order valence-electron chi connectivity index (χ2n) is 5.68. The highest BCUT2D eigenvalue weighted by atomic mass is 79.9. The van der Waals surface area contributed by atoms with Crippen molar-refractivity contribution in [2.75, 3.05) is 0 Å². The zero-order valence-electron chi connectivity index (χ0n) is 13.9. The van der Waals surface area contributed by atoms with Crippen LogP contribution in [0.3, 0.4) is 0 Å². The molecule has 0 atom stereocenters. The van der Waals surface area contributed by atoms with Crippen LogP contribution >= 0.6 is 28.1 Å². The van der Waals surface area contributed by atoms with Crippen LogP contribution in [0, 0.1) is 0 Å². The first-order chi connectivity index (χ1) is 12.6. The van der Waals surface area contributed by atoms with Gasteiger partial charge in [-0.15, -0.1) is 0 Å². The van der Waals surface area contributed by atoms with Crippen LogP contribution in [0.5, 0.6) is 0 Å². The van der Waals surface area contributed by atoms with E-state index in [-0.39, 0.29) is 5.91 Å². The first-order valence-corrected chi connectivity index (χ1v) is 9.20. The van der Waals surface area contributed by atoms with Gasteiger partial charge in [0, 0.05) is 18.3 Å². The maximum absolute atomic E-state index is 12.3. The lowest BCUT2D eigenvalue weighted by molar-refractivity contribution is 0.0976. The molecule has 0 saturated carbocycles. The number of carbonyl (C=O) groups excluding carboxylic acids is 1. The van der Waals surface area contributed by atoms with Crippen molar-refractivity contribution in [2.45, 2.75) is 13.1 Å². The summed E-state index contributed by atoms with van der Waals surface area (Å²) in [5, 5.41) is 10.3. The molecule has 0 unspecified atom stereocenters. The number of benzene rings is 2. The number of halogens is 1. The second-order valence-corrected chi connectivity index (χ2v) is 7.00. The fourth-order valence-corrected chi connectivity index (χ4v) is 2.86. The maximum atomic E-state index is 12.3. The van der Waals surface area contributed by atoms with Gasteiger partial charge in [-0.25, -0.2) is 0 Å². The zero-order chi connectivity index (χ0) is 18.4. The van der Waals surface area contributed by atoms with Gasteiger partial charge < -0.3 is 5.32 Å². The Labute approximate surface area is 165 Å². The third-order valence-corrected chi connectivity index (χ3v) is 4.34. The molecule has 0 bridgehead atoms. The SMILES string of the molecule is O=C(NC(=S)NCc1ccccc1)c1ccc(Cn2cc(Br)cn2)cc1. The normalized spacial score (nSPS) is 10.3. The van der Waals surface area contributed by atoms with Gasteiger partial charge >= 0.3 is 0 Å². The number of carbonyl (C=O) groups is 1. The van der Waals surface area contributed by atoms with Gasteiger partial charge in [0.15, 0.2) is 5.11 Å². The van der Waals surface area contributed by atoms with E-state index < -0.39 is 0 Å². The Kier molecular flexibility index (Phi) is 6.14. The number of aromatic nitrogens is 2. The van der Waals surface area contributed by atoms with Crippen LogP contribution in [0.25, 0.3) is 0 Å². The molecule has 2 aromatic carbocycles. The van der Waals surface area contributed by atoms with Crippen molar-refractivity contribution in [3.8, 4) is 0 Å². The topological polar surface area (TPSA) is 59.0 Å². The summed E-state index contributed by atoms with van der Waals surface area (Å²) >= 11 is 8.56. The van der Waals surface area contributed by atoms with Crippen molar-refractivity contribution < 1.29 is 4.79 Å². The smallest absolute Gasteiger partial charge is 0.257 e. The minimum atomic E-state index is -0.232. The van der Waals surface area contributed by atoms with Crippen LogP contribution in [-0.2, 0) is 13.1 Å². The molecule has 0 saturated heterocycles. The molecule has 5 nitrogen and oxygen atoms in total. The molecular formula is C19H17BrN4OS. The summed E-state index contributed by atoms with van der Waals surface area (Å²) in [5.74, 6) is -0.232. The Morgan fingerprint density at radius 1 is 1.08 bits per heavy atom. The summed E-state index contributed by atoms with van der Waals surface area (Å²) in [7, 11) is 0. The van der Waals surface area contributed by atoms with Gasteiger partial charge in [0.1, 0.15) is 0 Å². The van der Waals surface area contributed by atoms with Gasteiger partial charge in [0.05, 0.1) is 17.2 Å². The van der Waals surface area contributed by atoms with E-state index in [1.54, 1.807) is 18.3 Å². The van der Waals surface area contributed by atoms with Crippen LogP contribution in [0.15, 0.2) is 71.5 Å². The minimum Gasteiger partial charge on any atom is -0.358 e. The highest BCUT2D eigenvalue weighted by Crippen LogP contribution is 2.10. The lowest BCUT2D eigenvalue weighted by Gasteiger charge is -2.10. The first-order valence-electron chi connectivity index (χ1n) is 8.00. The van der Waals surface area contributed by atoms with Gasteiger partial charge in [-0.1, -0.05) is 42.5 Å². The quantitative estimate of drug-likeness (QED) is 0.610. The van der Waals surface area contributed by atoms with Gasteiger partial charge in [0.2, 0.25) is 0 Å². The predicted molar refractivity (Wildman–Crippen MR) is 109 cm³/mol. The lowest BCUT2D eigenvalue weighted by Crippen LogP contribution is -2.38. The van der Waals surface area contributed by atoms with E-state index in [0.29, 0.717) is 23.8 Å². The molecular weight excluding hydrogens is 412 g/mol. The van der Waals surface area contributed by atoms with Gasteiger partial charge in [-0.2, -0.15) is 5.10 Å². The summed E-state index contributed by atoms with van der Waals surface area (Å²) in [6.07, 6.45) is 3.64. The molecule has 0 fully saturated rings. The lowest BCUT2D eigenvalue weighted by atomic mass is 10.1. The molecule has 0 aliphatic heterocycles. The summed E-state index contributed by atoms with van der Waals surface area (Å²) < 4.78 is 2.76. The summed E-state index contributed by atoms with van der Waals surface area (Å²) in [6, 6.07) is 17.2. The number of thiocarbonyl (C=S) groups is 1. The predicted octanol–water partition coefficient (Wildman–Crippen LogP) is 3.50. The van der Waals surface area contributed by atoms with E-state index in [1.165, 1.54) is 0 Å². The Morgan fingerprint density at radius 2 is 1.81 bits per heavy atom. The molecule has 0 aliphatic carbocycles. The molecule has 2 N–H and O–H groups in total. The average molecular weight is 429 g/mol. The number of nitrogens with zero attached hydrogens (tertiary/aromatic N) is 2. The van der Waals surface area contributed by atoms with Gasteiger partial charge in [-0.3, -0.25) is 14.8 Å². The molecule has 1 heterocycles. The van der Waals surface area contributed by atoms with E-state index in [2.05, 4.69) is 31.7 Å². The molecule has 0 radical (unpaired) electrons. The average Bonchev–Trinajstić information content (AvgIpc) is 3.06. The largest absolute Gasteiger partial charge is 0.358 e. The number of hydrogen-bond donors (Lipinski definition) is 2. The van der Waals surface area contributed by atoms with Crippen LogP contribution in [-0.4, -0.2) is 20.8 Å². The molecule has 0 aliphatic rings. The summed E-state index contributed by atoms with van der Waals surface area (Å²) in [5.41, 5.74) is 2.71. The van der Waals surface area contributed by atoms with Crippen LogP contribution in [0.2, 0.25) is 0 Å². The molecule has 3 rings (SSSR count). The fraction of sp³-hybridized carbons (Fsp3) is 0.105. The van der Waals surface area contributed by atoms with Gasteiger partial charge in [0.25, 0.3) is 5.91 Å². The van der Waals surface area contributed by atoms with E-state index in [4.69, 9.17) is 12.2 Å². The molecule has 7 heteroatoms.